The Morgan fingerprint density at radius 2 is 1.69 bits per heavy atom. The number of carboxylic acids is 1. The van der Waals surface area contributed by atoms with Crippen molar-refractivity contribution in [3.05, 3.63) is 95.6 Å². The number of nitrogens with one attached hydrogen (secondary N) is 2. The molecule has 0 saturated heterocycles. The molecule has 0 bridgehead atoms. The highest BCUT2D eigenvalue weighted by Gasteiger charge is 2.19. The van der Waals surface area contributed by atoms with Crippen LogP contribution in [0.25, 0.3) is 5.57 Å². The first-order valence-electron chi connectivity index (χ1n) is 13.5. The fourth-order valence-corrected chi connectivity index (χ4v) is 5.22. The molecule has 11 heteroatoms. The number of hydrogen-bond acceptors (Lipinski definition) is 6. The van der Waals surface area contributed by atoms with E-state index in [1.165, 1.54) is 29.0 Å². The molecule has 0 heterocycles. The van der Waals surface area contributed by atoms with Gasteiger partial charge in [-0.25, -0.2) is 18.0 Å². The third-order valence-electron chi connectivity index (χ3n) is 6.90. The molecule has 220 valence electrons. The monoisotopic (exact) mass is 591 g/mol. The quantitative estimate of drug-likeness (QED) is 0.272. The Morgan fingerprint density at radius 1 is 0.976 bits per heavy atom. The molecule has 0 aliphatic heterocycles. The Bertz CT molecular complexity index is 1580. The van der Waals surface area contributed by atoms with E-state index >= 15 is 0 Å². The average molecular weight is 592 g/mol. The third kappa shape index (κ3) is 8.05. The van der Waals surface area contributed by atoms with E-state index < -0.39 is 40.4 Å². The third-order valence-corrected chi connectivity index (χ3v) is 8.01. The average Bonchev–Trinajstić information content (AvgIpc) is 2.99. The van der Waals surface area contributed by atoms with Crippen LogP contribution in [0.15, 0.2) is 83.8 Å². The van der Waals surface area contributed by atoms with Gasteiger partial charge in [0.1, 0.15) is 0 Å². The molecule has 0 aromatic heterocycles. The van der Waals surface area contributed by atoms with E-state index in [4.69, 9.17) is 5.11 Å². The summed E-state index contributed by atoms with van der Waals surface area (Å²) in [5.74, 6) is -1.98. The number of rotatable bonds is 10. The van der Waals surface area contributed by atoms with Crippen LogP contribution in [0, 0.1) is 0 Å². The molecule has 0 unspecified atom stereocenters. The standard InChI is InChI=1S/C31H33N3O7S/c1-42(40,41)27-9-5-8-25(18-27)33-31(39)34(26-16-14-23(15-17-26)22-6-3-2-4-7-22)20-21-10-12-24(13-11-21)29(36)32-19-28(35)30(37)38/h5-6,8-18,28,35H,2-4,7,19-20H2,1H3,(H,32,36)(H,33,39)(H,37,38)/t28-/m1/s1. The number of carboxylic acid groups (broad SMARTS) is 1. The summed E-state index contributed by atoms with van der Waals surface area (Å²) in [5.41, 5.74) is 4.30. The zero-order valence-corrected chi connectivity index (χ0v) is 23.9. The number of nitrogens with zero attached hydrogens (tertiary/aromatic N) is 1. The molecule has 0 saturated carbocycles. The normalized spacial score (nSPS) is 13.9. The van der Waals surface area contributed by atoms with Crippen LogP contribution >= 0.6 is 0 Å². The lowest BCUT2D eigenvalue weighted by molar-refractivity contribution is -0.146. The van der Waals surface area contributed by atoms with Gasteiger partial charge in [0.2, 0.25) is 0 Å². The number of carbonyl (C=O) groups is 3. The Labute approximate surface area is 244 Å². The topological polar surface area (TPSA) is 153 Å². The van der Waals surface area contributed by atoms with E-state index in [1.807, 2.05) is 24.3 Å². The van der Waals surface area contributed by atoms with Gasteiger partial charge in [0.25, 0.3) is 5.91 Å². The Morgan fingerprint density at radius 3 is 2.31 bits per heavy atom. The number of urea groups is 1. The lowest BCUT2D eigenvalue weighted by Crippen LogP contribution is -2.36. The fraction of sp³-hybridized carbons (Fsp3) is 0.258. The minimum Gasteiger partial charge on any atom is -0.479 e. The van der Waals surface area contributed by atoms with Crippen LogP contribution in [0.3, 0.4) is 0 Å². The van der Waals surface area contributed by atoms with Crippen LogP contribution in [0.4, 0.5) is 16.2 Å². The maximum Gasteiger partial charge on any atom is 0.334 e. The van der Waals surface area contributed by atoms with Crippen molar-refractivity contribution in [3.8, 4) is 0 Å². The second-order valence-corrected chi connectivity index (χ2v) is 12.1. The van der Waals surface area contributed by atoms with Crippen molar-refractivity contribution in [3.63, 3.8) is 0 Å². The van der Waals surface area contributed by atoms with E-state index in [2.05, 4.69) is 16.7 Å². The van der Waals surface area contributed by atoms with Gasteiger partial charge >= 0.3 is 12.0 Å². The van der Waals surface area contributed by atoms with Crippen LogP contribution in [0.1, 0.15) is 47.2 Å². The van der Waals surface area contributed by atoms with Gasteiger partial charge < -0.3 is 20.8 Å². The number of amides is 3. The number of allylic oxidation sites excluding steroid dienone is 2. The number of benzene rings is 3. The van der Waals surface area contributed by atoms with Gasteiger partial charge in [0.15, 0.2) is 15.9 Å². The molecule has 3 amide bonds. The molecule has 1 aliphatic rings. The summed E-state index contributed by atoms with van der Waals surface area (Å²) in [4.78, 5) is 38.3. The second kappa shape index (κ2) is 13.5. The molecule has 4 N–H and O–H groups in total. The summed E-state index contributed by atoms with van der Waals surface area (Å²) < 4.78 is 24.0. The highest BCUT2D eigenvalue weighted by atomic mass is 32.2. The zero-order chi connectivity index (χ0) is 30.3. The van der Waals surface area contributed by atoms with Crippen molar-refractivity contribution in [1.29, 1.82) is 0 Å². The largest absolute Gasteiger partial charge is 0.479 e. The second-order valence-electron chi connectivity index (χ2n) is 10.1. The number of aliphatic carboxylic acids is 1. The SMILES string of the molecule is CS(=O)(=O)c1cccc(NC(=O)N(Cc2ccc(C(=O)NC[C@@H](O)C(=O)O)cc2)c2ccc(C3=CCCCC3)cc2)c1. The maximum absolute atomic E-state index is 13.6. The summed E-state index contributed by atoms with van der Waals surface area (Å²) in [5, 5.41) is 23.3. The highest BCUT2D eigenvalue weighted by molar-refractivity contribution is 7.90. The molecule has 0 fully saturated rings. The minimum absolute atomic E-state index is 0.0849. The van der Waals surface area contributed by atoms with Gasteiger partial charge in [-0.15, -0.1) is 0 Å². The van der Waals surface area contributed by atoms with Gasteiger partial charge in [0.05, 0.1) is 18.0 Å². The van der Waals surface area contributed by atoms with Crippen LogP contribution < -0.4 is 15.5 Å². The molecule has 42 heavy (non-hydrogen) atoms. The maximum atomic E-state index is 13.6. The van der Waals surface area contributed by atoms with Crippen molar-refractivity contribution in [2.24, 2.45) is 0 Å². The molecule has 1 atom stereocenters. The number of sulfone groups is 1. The van der Waals surface area contributed by atoms with Crippen molar-refractivity contribution >= 4 is 44.7 Å². The first kappa shape index (κ1) is 30.5. The molecule has 1 aliphatic carbocycles. The van der Waals surface area contributed by atoms with Gasteiger partial charge in [-0.1, -0.05) is 36.4 Å². The molecule has 0 spiro atoms. The smallest absolute Gasteiger partial charge is 0.334 e. The molecule has 3 aromatic rings. The number of aliphatic hydroxyl groups is 1. The molecule has 10 nitrogen and oxygen atoms in total. The Kier molecular flexibility index (Phi) is 9.76. The summed E-state index contributed by atoms with van der Waals surface area (Å²) in [7, 11) is -3.47. The molecular weight excluding hydrogens is 558 g/mol. The minimum atomic E-state index is -3.47. The van der Waals surface area contributed by atoms with E-state index in [0.29, 0.717) is 16.9 Å². The predicted octanol–water partition coefficient (Wildman–Crippen LogP) is 4.46. The molecular formula is C31H33N3O7S. The van der Waals surface area contributed by atoms with Crippen molar-refractivity contribution in [1.82, 2.24) is 5.32 Å². The molecule has 4 rings (SSSR count). The highest BCUT2D eigenvalue weighted by Crippen LogP contribution is 2.29. The zero-order valence-electron chi connectivity index (χ0n) is 23.1. The predicted molar refractivity (Wildman–Crippen MR) is 160 cm³/mol. The lowest BCUT2D eigenvalue weighted by Gasteiger charge is -2.24. The Balaban J connectivity index is 1.56. The van der Waals surface area contributed by atoms with E-state index in [1.54, 1.807) is 36.4 Å². The first-order valence-corrected chi connectivity index (χ1v) is 15.4. The van der Waals surface area contributed by atoms with Crippen molar-refractivity contribution in [2.75, 3.05) is 23.0 Å². The van der Waals surface area contributed by atoms with Crippen molar-refractivity contribution in [2.45, 2.75) is 43.2 Å². The number of aliphatic hydroxyl groups excluding tert-OH is 1. The van der Waals surface area contributed by atoms with E-state index in [-0.39, 0.29) is 17.0 Å². The van der Waals surface area contributed by atoms with Gasteiger partial charge in [0, 0.05) is 23.2 Å². The van der Waals surface area contributed by atoms with Gasteiger partial charge in [-0.3, -0.25) is 9.69 Å². The van der Waals surface area contributed by atoms with Crippen LogP contribution in [-0.4, -0.2) is 55.4 Å². The number of carbonyl (C=O) groups excluding carboxylic acids is 2. The first-order chi connectivity index (χ1) is 20.0. The lowest BCUT2D eigenvalue weighted by atomic mass is 9.93. The molecule has 0 radical (unpaired) electrons. The van der Waals surface area contributed by atoms with Crippen LogP contribution in [0.2, 0.25) is 0 Å². The van der Waals surface area contributed by atoms with E-state index in [0.717, 1.165) is 31.1 Å². The number of hydrogen-bond donors (Lipinski definition) is 4. The van der Waals surface area contributed by atoms with Crippen LogP contribution in [-0.2, 0) is 21.2 Å². The molecule has 3 aromatic carbocycles. The van der Waals surface area contributed by atoms with Crippen LogP contribution in [0.5, 0.6) is 0 Å². The summed E-state index contributed by atoms with van der Waals surface area (Å²) in [6.07, 6.45) is 6.02. The van der Waals surface area contributed by atoms with Gasteiger partial charge in [-0.05, 0) is 84.8 Å². The van der Waals surface area contributed by atoms with Crippen molar-refractivity contribution < 1.29 is 33.0 Å². The van der Waals surface area contributed by atoms with E-state index in [9.17, 15) is 27.9 Å². The Hall–Kier alpha value is -4.48. The fourth-order valence-electron chi connectivity index (χ4n) is 4.55. The van der Waals surface area contributed by atoms with Gasteiger partial charge in [-0.2, -0.15) is 0 Å². The number of anilines is 2. The summed E-state index contributed by atoms with van der Waals surface area (Å²) >= 11 is 0. The summed E-state index contributed by atoms with van der Waals surface area (Å²) in [6, 6.07) is 19.7. The summed E-state index contributed by atoms with van der Waals surface area (Å²) in [6.45, 7) is -0.295.